The number of benzene rings is 2. The molecule has 12 heterocycles. The van der Waals surface area contributed by atoms with Crippen molar-refractivity contribution >= 4 is 55.1 Å². The molecule has 10 aliphatic rings. The molecule has 1 spiro atoms. The fourth-order valence-corrected chi connectivity index (χ4v) is 175. The van der Waals surface area contributed by atoms with Gasteiger partial charge >= 0.3 is 304 Å². The van der Waals surface area contributed by atoms with Gasteiger partial charge in [0.1, 0.15) is 0 Å². The Hall–Kier alpha value is -0.927. The Bertz CT molecular complexity index is 2730. The first kappa shape index (κ1) is 30.3. The van der Waals surface area contributed by atoms with Gasteiger partial charge in [0.15, 0.2) is 0 Å². The first-order chi connectivity index (χ1) is 23.5. The van der Waals surface area contributed by atoms with Crippen LogP contribution in [0.5, 0.6) is 0 Å². The van der Waals surface area contributed by atoms with E-state index in [1.54, 1.807) is 6.16 Å². The molecule has 2 nitrogen and oxygen atoms in total. The number of nitrogens with zero attached hydrogens (tertiary/aromatic N) is 2. The molecule has 6 unspecified atom stereocenters. The van der Waals surface area contributed by atoms with Crippen LogP contribution in [0.1, 0.15) is 52.9 Å². The zero-order chi connectivity index (χ0) is 35.9. The number of hydrogen-bond donors (Lipinski definition) is 0. The normalized spacial score (nSPS) is 54.0. The molecule has 0 amide bonds. The molecule has 0 radical (unpaired) electrons. The van der Waals surface area contributed by atoms with E-state index in [-0.39, 0.29) is 13.1 Å². The fraction of sp³-hybridized carbons (Fsp3) is 0.591. The fourth-order valence-electron chi connectivity index (χ4n) is 28.6. The maximum absolute atomic E-state index is 5.86. The zero-order valence-corrected chi connectivity index (χ0v) is 38.0. The number of rotatable bonds is 7. The average molecular weight is 789 g/mol. The first-order valence-electron chi connectivity index (χ1n) is 20.0. The number of fused-ring (bicyclic) bond motifs is 12. The molecule has 4 aromatic rings. The third-order valence-electron chi connectivity index (χ3n) is 24.2. The van der Waals surface area contributed by atoms with Gasteiger partial charge in [-0.25, -0.2) is 0 Å². The Kier molecular flexibility index (Phi) is 2.91. The summed E-state index contributed by atoms with van der Waals surface area (Å²) in [6.07, 6.45) is 1.56. The van der Waals surface area contributed by atoms with Gasteiger partial charge in [-0.3, -0.25) is 0 Å². The summed E-state index contributed by atoms with van der Waals surface area (Å²) in [4.78, 5) is 18.6. The summed E-state index contributed by atoms with van der Waals surface area (Å²) >= 11 is 0. The molecular weight excluding hydrogens is 730 g/mol. The number of aromatic nitrogens is 2. The van der Waals surface area contributed by atoms with Crippen molar-refractivity contribution < 1.29 is 6.51 Å². The van der Waals surface area contributed by atoms with Crippen LogP contribution in [0.2, 0.25) is 84.7 Å². The summed E-state index contributed by atoms with van der Waals surface area (Å²) < 4.78 is 2.50. The Balaban J connectivity index is 1.18. The molecule has 14 rings (SSSR count). The predicted octanol–water partition coefficient (Wildman–Crippen LogP) is 13.6. The van der Waals surface area contributed by atoms with E-state index in [0.29, 0.717) is 18.9 Å². The molecule has 0 aliphatic carbocycles. The molecular formula is C44H58FeN2P2Si2. The molecule has 10 fully saturated rings. The van der Waals surface area contributed by atoms with Crippen molar-refractivity contribution in [2.24, 2.45) is 0 Å². The number of pyridine rings is 2. The van der Waals surface area contributed by atoms with Crippen LogP contribution in [0, 0.1) is 0 Å². The van der Waals surface area contributed by atoms with E-state index in [1.807, 2.05) is 0 Å². The maximum atomic E-state index is 5.86. The van der Waals surface area contributed by atoms with E-state index in [1.165, 1.54) is 22.2 Å². The molecule has 0 bridgehead atoms. The molecule has 7 heteroatoms. The standard InChI is InChI=1S/C39H53N2P2Si2.C5H5.Fe/c1-37(2,3)43(38(4,5)6)26-29-30(25-33(44(7,8)9)36(29)45(10,11)12)39(42,34-23-21-27-17-13-15-19-31(27)40-34)35-24-22-28-18-14-16-20-32(28)41-35;1-2-4-5-3-1;/h13-25H,26,42H2,1-12H3;1-5H;. The predicted molar refractivity (Wildman–Crippen MR) is 225 cm³/mol. The van der Waals surface area contributed by atoms with E-state index in [0.717, 1.165) is 47.8 Å². The van der Waals surface area contributed by atoms with Gasteiger partial charge in [0, 0.05) is 0 Å². The quantitative estimate of drug-likeness (QED) is 0.138. The summed E-state index contributed by atoms with van der Waals surface area (Å²) in [5.74, 6) is 0. The molecule has 270 valence electrons. The topological polar surface area (TPSA) is 25.8 Å². The monoisotopic (exact) mass is 788 g/mol. The second-order valence-corrected chi connectivity index (χ2v) is 63.9. The van der Waals surface area contributed by atoms with E-state index < -0.39 is 22.7 Å². The third kappa shape index (κ3) is 0.887. The summed E-state index contributed by atoms with van der Waals surface area (Å²) in [5, 5.41) is 2.94. The second-order valence-electron chi connectivity index (χ2n) is 25.1. The second kappa shape index (κ2) is 4.90. The SMILES string of the molecule is CC(C)(C)P(C[C]12[C]3(C(P)(c4ccc5ccccc5n4)c4ccc5ccccc5n4)[CH]4[C]5([Si](C)(C)C)[C]1([Si](C)(C)C)[Fe]42351678[CH]2[CH]1[CH]6[CH]7[CH]28)C(C)(C)C. The minimum absolute atomic E-state index is 0.237. The van der Waals surface area contributed by atoms with Gasteiger partial charge in [0.2, 0.25) is 0 Å². The Labute approximate surface area is 301 Å². The molecule has 10 saturated heterocycles. The van der Waals surface area contributed by atoms with Gasteiger partial charge in [-0.1, -0.05) is 0 Å². The van der Waals surface area contributed by atoms with E-state index in [4.69, 9.17) is 9.97 Å². The van der Waals surface area contributed by atoms with Crippen molar-refractivity contribution in [1.29, 1.82) is 0 Å². The first-order valence-corrected chi connectivity index (χ1v) is 35.1. The zero-order valence-electron chi connectivity index (χ0n) is 32.9. The molecule has 51 heavy (non-hydrogen) atoms. The summed E-state index contributed by atoms with van der Waals surface area (Å²) in [7, 11) is 0.330. The van der Waals surface area contributed by atoms with Gasteiger partial charge in [0.05, 0.1) is 0 Å². The van der Waals surface area contributed by atoms with E-state index >= 15 is 0 Å². The van der Waals surface area contributed by atoms with E-state index in [9.17, 15) is 0 Å². The summed E-state index contributed by atoms with van der Waals surface area (Å²) in [5.41, 5.74) is 5.01. The number of hydrogen-bond acceptors (Lipinski definition) is 2. The molecule has 6 atom stereocenters. The van der Waals surface area contributed by atoms with Crippen LogP contribution < -0.4 is 0 Å². The van der Waals surface area contributed by atoms with Crippen molar-refractivity contribution in [2.45, 2.75) is 142 Å². The average Bonchev–Trinajstić information content (AvgIpc) is 3.99. The molecule has 2 aromatic heterocycles. The van der Waals surface area contributed by atoms with Crippen molar-refractivity contribution in [1.82, 2.24) is 9.97 Å². The van der Waals surface area contributed by atoms with Crippen LogP contribution in [-0.2, 0) is 11.7 Å². The summed E-state index contributed by atoms with van der Waals surface area (Å²) in [6, 6.07) is 27.7. The molecule has 0 saturated carbocycles. The Morgan fingerprint density at radius 2 is 1.08 bits per heavy atom. The Morgan fingerprint density at radius 3 is 1.45 bits per heavy atom. The van der Waals surface area contributed by atoms with Crippen LogP contribution in [-0.4, -0.2) is 42.6 Å². The van der Waals surface area contributed by atoms with Crippen molar-refractivity contribution in [3.8, 4) is 0 Å². The van der Waals surface area contributed by atoms with Gasteiger partial charge < -0.3 is 0 Å². The van der Waals surface area contributed by atoms with Crippen LogP contribution in [0.15, 0.2) is 72.8 Å². The van der Waals surface area contributed by atoms with Crippen molar-refractivity contribution in [3.05, 3.63) is 84.2 Å². The molecule has 10 aliphatic heterocycles. The van der Waals surface area contributed by atoms with Crippen LogP contribution in [0.25, 0.3) is 21.8 Å². The van der Waals surface area contributed by atoms with Gasteiger partial charge in [-0.2, -0.15) is 0 Å². The molecule has 0 N–H and O–H groups in total. The van der Waals surface area contributed by atoms with Crippen LogP contribution >= 0.6 is 17.2 Å². The summed E-state index contributed by atoms with van der Waals surface area (Å²) in [6.45, 7) is 28.7. The number of para-hydroxylation sites is 2. The van der Waals surface area contributed by atoms with Crippen LogP contribution in [0.4, 0.5) is 0 Å². The van der Waals surface area contributed by atoms with E-state index in [2.05, 4.69) is 163 Å². The Morgan fingerprint density at radius 1 is 0.647 bits per heavy atom. The third-order valence-corrected chi connectivity index (χ3v) is 92.7. The van der Waals surface area contributed by atoms with Gasteiger partial charge in [-0.15, -0.1) is 0 Å². The van der Waals surface area contributed by atoms with Gasteiger partial charge in [-0.05, 0) is 0 Å². The van der Waals surface area contributed by atoms with Crippen LogP contribution in [0.3, 0.4) is 0 Å². The van der Waals surface area contributed by atoms with Crippen molar-refractivity contribution in [2.75, 3.05) is 6.16 Å². The van der Waals surface area contributed by atoms with Crippen molar-refractivity contribution in [3.63, 3.8) is 0 Å². The van der Waals surface area contributed by atoms with Gasteiger partial charge in [0.25, 0.3) is 0 Å². The minimum atomic E-state index is -4.67. The molecule has 2 aromatic carbocycles.